The lowest BCUT2D eigenvalue weighted by Crippen LogP contribution is -2.39. The van der Waals surface area contributed by atoms with Gasteiger partial charge in [0.1, 0.15) is 0 Å². The number of nitrogens with one attached hydrogen (secondary N) is 3. The molecule has 0 bridgehead atoms. The van der Waals surface area contributed by atoms with Crippen molar-refractivity contribution in [3.05, 3.63) is 35.5 Å². The van der Waals surface area contributed by atoms with Crippen LogP contribution in [0.4, 0.5) is 0 Å². The highest BCUT2D eigenvalue weighted by molar-refractivity contribution is 14.0. The number of halogens is 1. The second-order valence-corrected chi connectivity index (χ2v) is 7.57. The maximum Gasteiger partial charge on any atom is 0.190 e. The van der Waals surface area contributed by atoms with Crippen molar-refractivity contribution < 1.29 is 0 Å². The summed E-state index contributed by atoms with van der Waals surface area (Å²) in [6, 6.07) is 6.59. The van der Waals surface area contributed by atoms with Gasteiger partial charge in [0.05, 0.1) is 0 Å². The molecule has 5 nitrogen and oxygen atoms in total. The summed E-state index contributed by atoms with van der Waals surface area (Å²) in [6.45, 7) is 6.49. The molecular weight excluding hydrogens is 449 g/mol. The van der Waals surface area contributed by atoms with E-state index in [2.05, 4.69) is 63.9 Å². The Labute approximate surface area is 180 Å². The number of rotatable bonds is 6. The lowest BCUT2D eigenvalue weighted by molar-refractivity contribution is 0.213. The van der Waals surface area contributed by atoms with Crippen molar-refractivity contribution in [2.75, 3.05) is 40.3 Å². The molecule has 1 saturated heterocycles. The van der Waals surface area contributed by atoms with Crippen LogP contribution in [0.2, 0.25) is 0 Å². The highest BCUT2D eigenvalue weighted by Crippen LogP contribution is 2.20. The fraction of sp³-hybridized carbons (Fsp3) is 0.571. The van der Waals surface area contributed by atoms with Gasteiger partial charge in [-0.05, 0) is 75.9 Å². The molecule has 1 aliphatic heterocycles. The smallest absolute Gasteiger partial charge is 0.190 e. The van der Waals surface area contributed by atoms with Crippen LogP contribution >= 0.6 is 24.0 Å². The van der Waals surface area contributed by atoms with Crippen molar-refractivity contribution in [2.24, 2.45) is 10.9 Å². The number of piperidine rings is 1. The quantitative estimate of drug-likeness (QED) is 0.335. The summed E-state index contributed by atoms with van der Waals surface area (Å²) in [6.07, 6.45) is 6.99. The molecule has 0 amide bonds. The molecule has 6 heteroatoms. The summed E-state index contributed by atoms with van der Waals surface area (Å²) in [4.78, 5) is 10.2. The van der Waals surface area contributed by atoms with Gasteiger partial charge >= 0.3 is 0 Å². The van der Waals surface area contributed by atoms with Crippen molar-refractivity contribution in [3.63, 3.8) is 0 Å². The van der Waals surface area contributed by atoms with Crippen molar-refractivity contribution in [2.45, 2.75) is 32.6 Å². The molecule has 0 unspecified atom stereocenters. The summed E-state index contributed by atoms with van der Waals surface area (Å²) < 4.78 is 0. The average Bonchev–Trinajstić information content (AvgIpc) is 3.04. The molecule has 0 saturated carbocycles. The number of aryl methyl sites for hydroxylation is 1. The molecule has 1 aromatic carbocycles. The van der Waals surface area contributed by atoms with E-state index in [1.807, 2.05) is 7.05 Å². The van der Waals surface area contributed by atoms with Crippen molar-refractivity contribution in [1.29, 1.82) is 0 Å². The number of fused-ring (bicyclic) bond motifs is 1. The number of hydrogen-bond acceptors (Lipinski definition) is 2. The molecule has 1 fully saturated rings. The SMILES string of the molecule is CN=C(NCCc1c[nH]c2cc(C)ccc12)NCCC1CCN(C)CC1.I. The zero-order valence-corrected chi connectivity index (χ0v) is 19.2. The normalized spacial score (nSPS) is 16.3. The van der Waals surface area contributed by atoms with Crippen LogP contribution in [0.5, 0.6) is 0 Å². The highest BCUT2D eigenvalue weighted by atomic mass is 127. The van der Waals surface area contributed by atoms with E-state index < -0.39 is 0 Å². The third-order valence-corrected chi connectivity index (χ3v) is 5.52. The van der Waals surface area contributed by atoms with Gasteiger partial charge in [0, 0.05) is 37.2 Å². The molecule has 0 atom stereocenters. The van der Waals surface area contributed by atoms with Crippen LogP contribution in [-0.2, 0) is 6.42 Å². The van der Waals surface area contributed by atoms with E-state index in [-0.39, 0.29) is 24.0 Å². The third-order valence-electron chi connectivity index (χ3n) is 5.52. The first-order chi connectivity index (χ1) is 12.7. The predicted octanol–water partition coefficient (Wildman–Crippen LogP) is 3.53. The fourth-order valence-corrected chi connectivity index (χ4v) is 3.79. The molecule has 1 aliphatic rings. The van der Waals surface area contributed by atoms with E-state index in [1.165, 1.54) is 54.4 Å². The largest absolute Gasteiger partial charge is 0.361 e. The van der Waals surface area contributed by atoms with Gasteiger partial charge in [-0.2, -0.15) is 0 Å². The predicted molar refractivity (Wildman–Crippen MR) is 126 cm³/mol. The summed E-state index contributed by atoms with van der Waals surface area (Å²) >= 11 is 0. The molecular formula is C21H34IN5. The average molecular weight is 483 g/mol. The molecule has 1 aromatic heterocycles. The zero-order valence-electron chi connectivity index (χ0n) is 16.8. The molecule has 0 spiro atoms. The van der Waals surface area contributed by atoms with E-state index in [1.54, 1.807) is 0 Å². The molecule has 27 heavy (non-hydrogen) atoms. The Balaban J connectivity index is 0.00000261. The van der Waals surface area contributed by atoms with Crippen molar-refractivity contribution >= 4 is 40.8 Å². The van der Waals surface area contributed by atoms with Gasteiger partial charge in [0.15, 0.2) is 5.96 Å². The van der Waals surface area contributed by atoms with Crippen molar-refractivity contribution in [3.8, 4) is 0 Å². The topological polar surface area (TPSA) is 55.5 Å². The van der Waals surface area contributed by atoms with Crippen LogP contribution in [0.25, 0.3) is 10.9 Å². The molecule has 2 heterocycles. The Morgan fingerprint density at radius 3 is 2.70 bits per heavy atom. The summed E-state index contributed by atoms with van der Waals surface area (Å²) in [7, 11) is 4.06. The maximum absolute atomic E-state index is 4.35. The Morgan fingerprint density at radius 1 is 1.22 bits per heavy atom. The number of H-pyrrole nitrogens is 1. The van der Waals surface area contributed by atoms with Crippen molar-refractivity contribution in [1.82, 2.24) is 20.5 Å². The number of aliphatic imine (C=N–C) groups is 1. The lowest BCUT2D eigenvalue weighted by Gasteiger charge is -2.29. The number of nitrogens with zero attached hydrogens (tertiary/aromatic N) is 2. The Bertz CT molecular complexity index is 731. The van der Waals surface area contributed by atoms with Crippen LogP contribution in [0.3, 0.4) is 0 Å². The van der Waals surface area contributed by atoms with Gasteiger partial charge in [-0.25, -0.2) is 0 Å². The molecule has 3 rings (SSSR count). The second kappa shape index (κ2) is 10.9. The number of aromatic amines is 1. The molecule has 2 aromatic rings. The molecule has 150 valence electrons. The molecule has 0 aliphatic carbocycles. The van der Waals surface area contributed by atoms with Gasteiger partial charge in [0.2, 0.25) is 0 Å². The van der Waals surface area contributed by atoms with E-state index in [0.717, 1.165) is 31.4 Å². The number of guanidine groups is 1. The zero-order chi connectivity index (χ0) is 18.4. The first kappa shape index (κ1) is 22.0. The molecule has 0 radical (unpaired) electrons. The Kier molecular flexibility index (Phi) is 8.89. The van der Waals surface area contributed by atoms with Gasteiger partial charge in [-0.15, -0.1) is 24.0 Å². The van der Waals surface area contributed by atoms with E-state index in [4.69, 9.17) is 0 Å². The molecule has 3 N–H and O–H groups in total. The minimum absolute atomic E-state index is 0. The second-order valence-electron chi connectivity index (χ2n) is 7.57. The van der Waals surface area contributed by atoms with Crippen LogP contribution in [0.15, 0.2) is 29.4 Å². The minimum Gasteiger partial charge on any atom is -0.361 e. The van der Waals surface area contributed by atoms with Gasteiger partial charge in [-0.1, -0.05) is 12.1 Å². The Morgan fingerprint density at radius 2 is 1.96 bits per heavy atom. The summed E-state index contributed by atoms with van der Waals surface area (Å²) in [5.41, 5.74) is 3.87. The fourth-order valence-electron chi connectivity index (χ4n) is 3.79. The van der Waals surface area contributed by atoms with Crippen LogP contribution < -0.4 is 10.6 Å². The van der Waals surface area contributed by atoms with Crippen LogP contribution in [0.1, 0.15) is 30.4 Å². The van der Waals surface area contributed by atoms with Crippen LogP contribution in [0, 0.1) is 12.8 Å². The van der Waals surface area contributed by atoms with Crippen LogP contribution in [-0.4, -0.2) is 56.1 Å². The minimum atomic E-state index is 0. The van der Waals surface area contributed by atoms with E-state index >= 15 is 0 Å². The summed E-state index contributed by atoms with van der Waals surface area (Å²) in [5.74, 6) is 1.76. The highest BCUT2D eigenvalue weighted by Gasteiger charge is 2.16. The van der Waals surface area contributed by atoms with E-state index in [9.17, 15) is 0 Å². The third kappa shape index (κ3) is 6.38. The number of benzene rings is 1. The number of aromatic nitrogens is 1. The van der Waals surface area contributed by atoms with Gasteiger partial charge in [-0.3, -0.25) is 4.99 Å². The monoisotopic (exact) mass is 483 g/mol. The number of likely N-dealkylation sites (tertiary alicyclic amines) is 1. The van der Waals surface area contributed by atoms with E-state index in [0.29, 0.717) is 0 Å². The Hall–Kier alpha value is -1.28. The number of hydrogen-bond donors (Lipinski definition) is 3. The maximum atomic E-state index is 4.35. The summed E-state index contributed by atoms with van der Waals surface area (Å²) in [5, 5.41) is 8.24. The standard InChI is InChI=1S/C21H33N5.HI/c1-16-4-5-19-18(15-25-20(19)14-16)7-11-24-21(22-2)23-10-6-17-8-12-26(3)13-9-17;/h4-5,14-15,17,25H,6-13H2,1-3H3,(H2,22,23,24);1H. The first-order valence-corrected chi connectivity index (χ1v) is 9.85. The van der Waals surface area contributed by atoms with Gasteiger partial charge in [0.25, 0.3) is 0 Å². The van der Waals surface area contributed by atoms with Gasteiger partial charge < -0.3 is 20.5 Å². The lowest BCUT2D eigenvalue weighted by atomic mass is 9.94. The first-order valence-electron chi connectivity index (χ1n) is 9.85.